The van der Waals surface area contributed by atoms with E-state index in [1.165, 1.54) is 0 Å². The molecule has 8 nitrogen and oxygen atoms in total. The topological polar surface area (TPSA) is 115 Å². The zero-order chi connectivity index (χ0) is 17.6. The van der Waals surface area contributed by atoms with Gasteiger partial charge in [-0.25, -0.2) is 0 Å². The van der Waals surface area contributed by atoms with Crippen LogP contribution >= 0.6 is 0 Å². The lowest BCUT2D eigenvalue weighted by Crippen LogP contribution is -2.27. The van der Waals surface area contributed by atoms with Crippen molar-refractivity contribution in [2.24, 2.45) is 5.11 Å². The van der Waals surface area contributed by atoms with Gasteiger partial charge in [0, 0.05) is 0 Å². The number of nitrogens with zero attached hydrogens (tertiary/aromatic N) is 2. The number of carbonyl (C=O) groups is 2. The Labute approximate surface area is 143 Å². The van der Waals surface area contributed by atoms with Gasteiger partial charge in [-0.15, -0.1) is 0 Å². The number of hydrogen-bond donors (Lipinski definition) is 2. The summed E-state index contributed by atoms with van der Waals surface area (Å²) in [5.41, 5.74) is 8.19. The predicted octanol–water partition coefficient (Wildman–Crippen LogP) is 2.33. The second-order valence-electron chi connectivity index (χ2n) is 5.25. The number of fused-ring (bicyclic) bond motifs is 1. The maximum atomic E-state index is 12.2. The number of ketones is 1. The first-order valence-electron chi connectivity index (χ1n) is 7.52. The molecule has 0 fully saturated rings. The van der Waals surface area contributed by atoms with Crippen LogP contribution in [0.25, 0.3) is 0 Å². The molecule has 0 aliphatic carbocycles. The third-order valence-corrected chi connectivity index (χ3v) is 3.55. The first-order valence-corrected chi connectivity index (χ1v) is 7.52. The molecule has 25 heavy (non-hydrogen) atoms. The summed E-state index contributed by atoms with van der Waals surface area (Å²) >= 11 is 0. The van der Waals surface area contributed by atoms with Crippen LogP contribution in [0, 0.1) is 5.53 Å². The highest BCUT2D eigenvalue weighted by Crippen LogP contribution is 2.40. The summed E-state index contributed by atoms with van der Waals surface area (Å²) in [5.74, 6) is -0.0357. The number of anilines is 1. The van der Waals surface area contributed by atoms with Gasteiger partial charge in [-0.05, 0) is 17.7 Å². The molecule has 0 spiro atoms. The first kappa shape index (κ1) is 16.4. The van der Waals surface area contributed by atoms with E-state index >= 15 is 0 Å². The van der Waals surface area contributed by atoms with E-state index < -0.39 is 0 Å². The molecule has 3 rings (SSSR count). The second kappa shape index (κ2) is 7.37. The Bertz CT molecular complexity index is 860. The van der Waals surface area contributed by atoms with Crippen molar-refractivity contribution in [1.82, 2.24) is 4.91 Å². The van der Waals surface area contributed by atoms with Crippen LogP contribution in [-0.4, -0.2) is 24.8 Å². The zero-order valence-electron chi connectivity index (χ0n) is 13.2. The molecule has 0 bridgehead atoms. The zero-order valence-corrected chi connectivity index (χ0v) is 13.2. The number of benzene rings is 2. The molecule has 0 aromatic heterocycles. The lowest BCUT2D eigenvalue weighted by atomic mass is 10.1. The Morgan fingerprint density at radius 3 is 2.84 bits per heavy atom. The summed E-state index contributed by atoms with van der Waals surface area (Å²) in [7, 11) is 0. The van der Waals surface area contributed by atoms with E-state index in [9.17, 15) is 9.59 Å². The molecular weight excluding hydrogens is 324 g/mol. The van der Waals surface area contributed by atoms with Crippen LogP contribution in [0.3, 0.4) is 0 Å². The van der Waals surface area contributed by atoms with Gasteiger partial charge < -0.3 is 14.8 Å². The fourth-order valence-corrected chi connectivity index (χ4v) is 2.41. The molecular formula is C17H15N4O4+. The van der Waals surface area contributed by atoms with Crippen LogP contribution < -0.4 is 19.7 Å². The highest BCUT2D eigenvalue weighted by Gasteiger charge is 2.26. The van der Waals surface area contributed by atoms with Gasteiger partial charge in [0.25, 0.3) is 5.91 Å². The highest BCUT2D eigenvalue weighted by molar-refractivity contribution is 6.06. The van der Waals surface area contributed by atoms with Gasteiger partial charge in [0.2, 0.25) is 4.91 Å². The number of Topliss-reactive ketones (excluding diaryl/α,β-unsaturated/α-hetero) is 1. The Morgan fingerprint density at radius 2 is 2.08 bits per heavy atom. The maximum Gasteiger partial charge on any atom is 0.262 e. The number of amides is 1. The van der Waals surface area contributed by atoms with E-state index in [0.717, 1.165) is 5.56 Å². The summed E-state index contributed by atoms with van der Waals surface area (Å²) in [4.78, 5) is 26.7. The van der Waals surface area contributed by atoms with Gasteiger partial charge in [0.05, 0.1) is 5.56 Å². The molecule has 1 amide bonds. The molecule has 0 unspecified atom stereocenters. The van der Waals surface area contributed by atoms with Gasteiger partial charge in [0.15, 0.2) is 24.7 Å². The van der Waals surface area contributed by atoms with Gasteiger partial charge in [-0.1, -0.05) is 30.3 Å². The molecule has 2 aromatic carbocycles. The van der Waals surface area contributed by atoms with Crippen molar-refractivity contribution in [3.8, 4) is 11.5 Å². The molecule has 8 heteroatoms. The second-order valence-corrected chi connectivity index (χ2v) is 5.25. The van der Waals surface area contributed by atoms with Crippen LogP contribution in [0.5, 0.6) is 11.5 Å². The van der Waals surface area contributed by atoms with Gasteiger partial charge in [0.1, 0.15) is 28.7 Å². The van der Waals surface area contributed by atoms with Crippen molar-refractivity contribution < 1.29 is 19.1 Å². The fraction of sp³-hybridized carbons (Fsp3) is 0.176. The van der Waals surface area contributed by atoms with Crippen molar-refractivity contribution in [3.63, 3.8) is 0 Å². The molecule has 2 N–H and O–H groups in total. The Kier molecular flexibility index (Phi) is 4.82. The van der Waals surface area contributed by atoms with E-state index in [-0.39, 0.29) is 36.2 Å². The van der Waals surface area contributed by atoms with Crippen LogP contribution in [-0.2, 0) is 11.4 Å². The highest BCUT2D eigenvalue weighted by atomic mass is 16.5. The summed E-state index contributed by atoms with van der Waals surface area (Å²) in [6.07, 6.45) is 0. The number of nitrogens with one attached hydrogen (secondary N) is 2. The SMILES string of the molecule is N=[N+]=NCC(=O)c1ccc(OCc2ccccc2)c2c1OCC(=O)N2. The van der Waals surface area contributed by atoms with Crippen molar-refractivity contribution in [2.75, 3.05) is 18.5 Å². The maximum absolute atomic E-state index is 12.2. The quantitative estimate of drug-likeness (QED) is 0.477. The van der Waals surface area contributed by atoms with Crippen molar-refractivity contribution >= 4 is 17.4 Å². The average Bonchev–Trinajstić information content (AvgIpc) is 2.64. The van der Waals surface area contributed by atoms with Gasteiger partial charge in [-0.3, -0.25) is 9.59 Å². The lowest BCUT2D eigenvalue weighted by molar-refractivity contribution is -0.118. The van der Waals surface area contributed by atoms with E-state index in [1.807, 2.05) is 30.3 Å². The first-order chi connectivity index (χ1) is 12.2. The number of ether oxygens (including phenoxy) is 2. The summed E-state index contributed by atoms with van der Waals surface area (Å²) in [6.45, 7) is -0.143. The average molecular weight is 339 g/mol. The van der Waals surface area contributed by atoms with Gasteiger partial charge >= 0.3 is 0 Å². The molecule has 126 valence electrons. The fourth-order valence-electron chi connectivity index (χ4n) is 2.41. The van der Waals surface area contributed by atoms with Crippen molar-refractivity contribution in [2.45, 2.75) is 6.61 Å². The molecule has 1 aliphatic rings. The number of carbonyl (C=O) groups excluding carboxylic acids is 2. The van der Waals surface area contributed by atoms with Crippen molar-refractivity contribution in [1.29, 1.82) is 5.53 Å². The molecule has 0 saturated heterocycles. The number of rotatable bonds is 6. The summed E-state index contributed by atoms with van der Waals surface area (Å²) < 4.78 is 11.2. The monoisotopic (exact) mass is 339 g/mol. The summed E-state index contributed by atoms with van der Waals surface area (Å²) in [5, 5.41) is 6.06. The number of hydrogen-bond acceptors (Lipinski definition) is 6. The van der Waals surface area contributed by atoms with Crippen LogP contribution in [0.15, 0.2) is 47.6 Å². The Balaban J connectivity index is 1.90. The van der Waals surface area contributed by atoms with Gasteiger partial charge in [-0.2, -0.15) is 0 Å². The van der Waals surface area contributed by atoms with E-state index in [2.05, 4.69) is 15.3 Å². The van der Waals surface area contributed by atoms with Crippen LogP contribution in [0.4, 0.5) is 5.69 Å². The molecule has 0 radical (unpaired) electrons. The minimum absolute atomic E-state index is 0.185. The Morgan fingerprint density at radius 1 is 1.28 bits per heavy atom. The molecule has 2 aromatic rings. The molecule has 1 heterocycles. The predicted molar refractivity (Wildman–Crippen MR) is 87.8 cm³/mol. The largest absolute Gasteiger partial charge is 0.487 e. The lowest BCUT2D eigenvalue weighted by Gasteiger charge is -2.22. The summed E-state index contributed by atoms with van der Waals surface area (Å²) in [6, 6.07) is 12.7. The smallest absolute Gasteiger partial charge is 0.262 e. The molecule has 0 atom stereocenters. The Hall–Kier alpha value is -3.51. The van der Waals surface area contributed by atoms with Crippen molar-refractivity contribution in [3.05, 3.63) is 53.6 Å². The van der Waals surface area contributed by atoms with Crippen LogP contribution in [0.2, 0.25) is 0 Å². The van der Waals surface area contributed by atoms with E-state index in [0.29, 0.717) is 18.0 Å². The molecule has 1 aliphatic heterocycles. The van der Waals surface area contributed by atoms with E-state index in [1.54, 1.807) is 12.1 Å². The third kappa shape index (κ3) is 3.70. The minimum atomic E-state index is -0.363. The van der Waals surface area contributed by atoms with Crippen LogP contribution in [0.1, 0.15) is 15.9 Å². The minimum Gasteiger partial charge on any atom is -0.487 e. The third-order valence-electron chi connectivity index (χ3n) is 3.55. The standard InChI is InChI=1S/C17H14N4O4/c18-21-19-8-13(22)12-6-7-14(16-17(12)25-10-15(23)20-16)24-9-11-4-2-1-3-5-11/h1-7,18H,8-10H2/p+1. The normalized spacial score (nSPS) is 12.2. The molecule has 0 saturated carbocycles. The van der Waals surface area contributed by atoms with E-state index in [4.69, 9.17) is 15.0 Å².